The molecule has 1 aliphatic heterocycles. The van der Waals surface area contributed by atoms with E-state index in [0.29, 0.717) is 13.0 Å². The molecule has 1 fully saturated rings. The van der Waals surface area contributed by atoms with Crippen LogP contribution in [0.1, 0.15) is 41.1 Å². The Morgan fingerprint density at radius 2 is 1.87 bits per heavy atom. The number of aryl methyl sites for hydroxylation is 2. The molecule has 2 N–H and O–H groups in total. The molecule has 5 nitrogen and oxygen atoms in total. The number of quaternary nitrogens is 1. The molecule has 1 aliphatic rings. The number of fused-ring (bicyclic) bond motifs is 1. The van der Waals surface area contributed by atoms with Gasteiger partial charge >= 0.3 is 0 Å². The lowest BCUT2D eigenvalue weighted by molar-refractivity contribution is -0.918. The molecule has 1 saturated heterocycles. The van der Waals surface area contributed by atoms with Crippen molar-refractivity contribution in [3.63, 3.8) is 0 Å². The number of furan rings is 1. The average Bonchev–Trinajstić information content (AvgIpc) is 3.42. The summed E-state index contributed by atoms with van der Waals surface area (Å²) in [5.74, 6) is 0.892. The smallest absolute Gasteiger partial charge is 0.224 e. The Balaban J connectivity index is 1.45. The summed E-state index contributed by atoms with van der Waals surface area (Å²) >= 11 is 0. The number of benzene rings is 2. The summed E-state index contributed by atoms with van der Waals surface area (Å²) in [4.78, 5) is 14.3. The summed E-state index contributed by atoms with van der Waals surface area (Å²) in [6, 6.07) is 12.6. The van der Waals surface area contributed by atoms with Gasteiger partial charge in [0.25, 0.3) is 0 Å². The fourth-order valence-electron chi connectivity index (χ4n) is 4.49. The van der Waals surface area contributed by atoms with Crippen molar-refractivity contribution in [2.45, 2.75) is 39.2 Å². The van der Waals surface area contributed by atoms with Gasteiger partial charge in [-0.3, -0.25) is 4.79 Å². The number of hydrogen-bond acceptors (Lipinski definition) is 3. The van der Waals surface area contributed by atoms with Gasteiger partial charge in [-0.25, -0.2) is 0 Å². The van der Waals surface area contributed by atoms with Crippen LogP contribution in [-0.2, 0) is 11.2 Å². The van der Waals surface area contributed by atoms with E-state index < -0.39 is 0 Å². The van der Waals surface area contributed by atoms with Crippen molar-refractivity contribution in [3.8, 4) is 5.75 Å². The Kier molecular flexibility index (Phi) is 6.09. The first kappa shape index (κ1) is 20.5. The molecule has 3 aromatic rings. The number of hydrogen-bond donors (Lipinski definition) is 2. The SMILES string of the molecule is COc1ccc([C@H](CNC(=O)Cc2coc3c(C)c(C)ccc23)[NH+]2CCCC2)cc1. The van der Waals surface area contributed by atoms with E-state index in [0.717, 1.165) is 40.9 Å². The van der Waals surface area contributed by atoms with Crippen molar-refractivity contribution in [1.29, 1.82) is 0 Å². The summed E-state index contributed by atoms with van der Waals surface area (Å²) in [6.07, 6.45) is 4.55. The van der Waals surface area contributed by atoms with Crippen LogP contribution in [0.2, 0.25) is 0 Å². The first-order valence-electron chi connectivity index (χ1n) is 10.8. The fourth-order valence-corrected chi connectivity index (χ4v) is 4.49. The van der Waals surface area contributed by atoms with E-state index in [1.165, 1.54) is 24.0 Å². The molecular weight excluding hydrogens is 376 g/mol. The average molecular weight is 408 g/mol. The molecule has 0 bridgehead atoms. The number of amides is 1. The molecule has 1 amide bonds. The third kappa shape index (κ3) is 4.21. The molecule has 4 rings (SSSR count). The number of carbonyl (C=O) groups is 1. The number of carbonyl (C=O) groups excluding carboxylic acids is 1. The molecule has 0 radical (unpaired) electrons. The van der Waals surface area contributed by atoms with Gasteiger partial charge in [-0.1, -0.05) is 12.1 Å². The summed E-state index contributed by atoms with van der Waals surface area (Å²) in [5.41, 5.74) is 5.41. The number of methoxy groups -OCH3 is 1. The van der Waals surface area contributed by atoms with Crippen LogP contribution in [0.5, 0.6) is 5.75 Å². The van der Waals surface area contributed by atoms with E-state index in [-0.39, 0.29) is 11.9 Å². The van der Waals surface area contributed by atoms with E-state index in [4.69, 9.17) is 9.15 Å². The van der Waals surface area contributed by atoms with Gasteiger partial charge < -0.3 is 19.4 Å². The second-order valence-electron chi connectivity index (χ2n) is 8.32. The summed E-state index contributed by atoms with van der Waals surface area (Å²) < 4.78 is 11.1. The van der Waals surface area contributed by atoms with Gasteiger partial charge in [-0.2, -0.15) is 0 Å². The minimum absolute atomic E-state index is 0.0352. The predicted octanol–water partition coefficient (Wildman–Crippen LogP) is 3.14. The third-order valence-corrected chi connectivity index (χ3v) is 6.45. The Morgan fingerprint density at radius 3 is 2.57 bits per heavy atom. The molecule has 158 valence electrons. The van der Waals surface area contributed by atoms with E-state index in [2.05, 4.69) is 43.4 Å². The predicted molar refractivity (Wildman–Crippen MR) is 118 cm³/mol. The van der Waals surface area contributed by atoms with Gasteiger partial charge in [0.2, 0.25) is 5.91 Å². The van der Waals surface area contributed by atoms with Crippen LogP contribution in [0.4, 0.5) is 0 Å². The van der Waals surface area contributed by atoms with E-state index in [1.807, 2.05) is 12.1 Å². The minimum Gasteiger partial charge on any atom is -0.497 e. The van der Waals surface area contributed by atoms with Crippen LogP contribution in [-0.4, -0.2) is 32.7 Å². The molecule has 0 saturated carbocycles. The van der Waals surface area contributed by atoms with Gasteiger partial charge in [0.15, 0.2) is 0 Å². The van der Waals surface area contributed by atoms with Crippen molar-refractivity contribution in [3.05, 3.63) is 64.9 Å². The van der Waals surface area contributed by atoms with Crippen LogP contribution in [0, 0.1) is 13.8 Å². The van der Waals surface area contributed by atoms with Crippen LogP contribution in [0.25, 0.3) is 11.0 Å². The summed E-state index contributed by atoms with van der Waals surface area (Å²) in [6.45, 7) is 7.07. The standard InChI is InChI=1S/C25H30N2O3/c1-17-6-11-22-20(16-30-25(22)18(17)2)14-24(28)26-15-23(27-12-4-5-13-27)19-7-9-21(29-3)10-8-19/h6-11,16,23H,4-5,12-15H2,1-3H3,(H,26,28)/p+1/t23-/m0/s1. The Labute approximate surface area is 178 Å². The first-order valence-corrected chi connectivity index (χ1v) is 10.8. The molecule has 0 unspecified atom stereocenters. The van der Waals surface area contributed by atoms with Gasteiger partial charge in [0.05, 0.1) is 39.4 Å². The highest BCUT2D eigenvalue weighted by molar-refractivity contribution is 5.89. The van der Waals surface area contributed by atoms with Crippen LogP contribution in [0.15, 0.2) is 47.1 Å². The lowest BCUT2D eigenvalue weighted by atomic mass is 10.0. The second-order valence-corrected chi connectivity index (χ2v) is 8.32. The Morgan fingerprint density at radius 1 is 1.13 bits per heavy atom. The van der Waals surface area contributed by atoms with Crippen molar-refractivity contribution in [2.75, 3.05) is 26.7 Å². The molecule has 2 aromatic carbocycles. The maximum Gasteiger partial charge on any atom is 0.224 e. The summed E-state index contributed by atoms with van der Waals surface area (Å²) in [7, 11) is 1.68. The quantitative estimate of drug-likeness (QED) is 0.633. The molecule has 30 heavy (non-hydrogen) atoms. The van der Waals surface area contributed by atoms with Gasteiger partial charge in [-0.05, 0) is 49.2 Å². The van der Waals surface area contributed by atoms with Gasteiger partial charge in [0, 0.05) is 29.4 Å². The number of nitrogens with one attached hydrogen (secondary N) is 2. The zero-order valence-corrected chi connectivity index (χ0v) is 18.1. The maximum absolute atomic E-state index is 12.8. The molecule has 1 aromatic heterocycles. The van der Waals surface area contributed by atoms with E-state index in [9.17, 15) is 4.79 Å². The molecule has 0 spiro atoms. The van der Waals surface area contributed by atoms with E-state index >= 15 is 0 Å². The number of rotatable bonds is 7. The molecule has 1 atom stereocenters. The molecule has 0 aliphatic carbocycles. The highest BCUT2D eigenvalue weighted by atomic mass is 16.5. The molecular formula is C25H31N2O3+. The van der Waals surface area contributed by atoms with Gasteiger partial charge in [-0.15, -0.1) is 0 Å². The zero-order valence-electron chi connectivity index (χ0n) is 18.1. The van der Waals surface area contributed by atoms with Crippen molar-refractivity contribution in [2.24, 2.45) is 0 Å². The highest BCUT2D eigenvalue weighted by Crippen LogP contribution is 2.26. The van der Waals surface area contributed by atoms with Gasteiger partial charge in [0.1, 0.15) is 17.4 Å². The highest BCUT2D eigenvalue weighted by Gasteiger charge is 2.28. The largest absolute Gasteiger partial charge is 0.497 e. The Hall–Kier alpha value is -2.79. The van der Waals surface area contributed by atoms with Crippen LogP contribution in [0.3, 0.4) is 0 Å². The summed E-state index contributed by atoms with van der Waals surface area (Å²) in [5, 5.41) is 4.22. The fraction of sp³-hybridized carbons (Fsp3) is 0.400. The van der Waals surface area contributed by atoms with E-state index in [1.54, 1.807) is 18.3 Å². The van der Waals surface area contributed by atoms with Crippen LogP contribution < -0.4 is 15.0 Å². The van der Waals surface area contributed by atoms with Crippen molar-refractivity contribution < 1.29 is 18.8 Å². The Bertz CT molecular complexity index is 1020. The first-order chi connectivity index (χ1) is 14.6. The lowest BCUT2D eigenvalue weighted by Gasteiger charge is -2.25. The minimum atomic E-state index is 0.0352. The molecule has 5 heteroatoms. The zero-order chi connectivity index (χ0) is 21.1. The van der Waals surface area contributed by atoms with Crippen molar-refractivity contribution in [1.82, 2.24) is 5.32 Å². The molecule has 2 heterocycles. The van der Waals surface area contributed by atoms with Crippen LogP contribution >= 0.6 is 0 Å². The third-order valence-electron chi connectivity index (χ3n) is 6.45. The van der Waals surface area contributed by atoms with Crippen molar-refractivity contribution >= 4 is 16.9 Å². The number of ether oxygens (including phenoxy) is 1. The number of likely N-dealkylation sites (tertiary alicyclic amines) is 1. The monoisotopic (exact) mass is 407 g/mol. The topological polar surface area (TPSA) is 55.9 Å². The second kappa shape index (κ2) is 8.92. The normalized spacial score (nSPS) is 15.4. The maximum atomic E-state index is 12.8. The lowest BCUT2D eigenvalue weighted by Crippen LogP contribution is -3.11.